The number of unbranched alkanes of at least 4 members (excludes halogenated alkanes) is 24. The van der Waals surface area contributed by atoms with Crippen molar-refractivity contribution in [1.82, 2.24) is 10.2 Å². The van der Waals surface area contributed by atoms with Gasteiger partial charge in [-0.2, -0.15) is 0 Å². The zero-order chi connectivity index (χ0) is 37.8. The number of carbonyl (C=O) groups is 2. The smallest absolute Gasteiger partial charge is 0.326 e. The van der Waals surface area contributed by atoms with Crippen LogP contribution in [0.5, 0.6) is 0 Å². The van der Waals surface area contributed by atoms with Gasteiger partial charge in [-0.05, 0) is 32.1 Å². The van der Waals surface area contributed by atoms with Gasteiger partial charge in [0.15, 0.2) is 0 Å². The van der Waals surface area contributed by atoms with Crippen molar-refractivity contribution in [3.63, 3.8) is 0 Å². The summed E-state index contributed by atoms with van der Waals surface area (Å²) < 4.78 is 0. The summed E-state index contributed by atoms with van der Waals surface area (Å²) in [6, 6.07) is -2.08. The van der Waals surface area contributed by atoms with E-state index in [1.165, 1.54) is 116 Å². The number of nitrogens with one attached hydrogen (secondary N) is 1. The molecule has 0 radical (unpaired) electrons. The number of hydrogen-bond donors (Lipinski definition) is 5. The molecular formula is C43H82N2O6. The first-order valence-electron chi connectivity index (χ1n) is 21.4. The zero-order valence-corrected chi connectivity index (χ0v) is 33.4. The Hall–Kier alpha value is -1.74. The molecule has 0 rings (SSSR count). The van der Waals surface area contributed by atoms with Gasteiger partial charge >= 0.3 is 6.03 Å². The number of amides is 3. The van der Waals surface area contributed by atoms with E-state index < -0.39 is 43.0 Å². The molecular weight excluding hydrogens is 640 g/mol. The van der Waals surface area contributed by atoms with Gasteiger partial charge in [0.05, 0.1) is 24.9 Å². The number of aliphatic hydroxyl groups is 4. The molecule has 0 fully saturated rings. The van der Waals surface area contributed by atoms with Crippen LogP contribution in [0.15, 0.2) is 24.3 Å². The molecule has 0 aliphatic carbocycles. The first-order chi connectivity index (χ1) is 24.8. The SMILES string of the molecule is CCCCCCCCCCCCC/C=C/C(O)CC(O)N(C(=O)NC(=O)CCCCC)[C@@H](CO)[C@H](O)/C=C/CCCCCCCCCCCCC. The number of aliphatic hydroxyl groups excluding tert-OH is 4. The average Bonchev–Trinajstić information content (AvgIpc) is 3.10. The molecule has 4 atom stereocenters. The van der Waals surface area contributed by atoms with Crippen molar-refractivity contribution in [2.45, 2.75) is 231 Å². The predicted octanol–water partition coefficient (Wildman–Crippen LogP) is 10.4. The summed E-state index contributed by atoms with van der Waals surface area (Å²) in [4.78, 5) is 26.7. The Balaban J connectivity index is 4.87. The molecule has 0 heterocycles. The van der Waals surface area contributed by atoms with Crippen molar-refractivity contribution in [2.75, 3.05) is 6.61 Å². The maximum absolute atomic E-state index is 13.3. The van der Waals surface area contributed by atoms with Gasteiger partial charge in [0, 0.05) is 12.8 Å². The fourth-order valence-corrected chi connectivity index (χ4v) is 6.53. The molecule has 8 heteroatoms. The van der Waals surface area contributed by atoms with Crippen LogP contribution < -0.4 is 5.32 Å². The second kappa shape index (κ2) is 36.6. The van der Waals surface area contributed by atoms with E-state index in [4.69, 9.17) is 0 Å². The fourth-order valence-electron chi connectivity index (χ4n) is 6.53. The molecule has 0 saturated heterocycles. The van der Waals surface area contributed by atoms with Gasteiger partial charge in [-0.3, -0.25) is 15.0 Å². The molecule has 5 N–H and O–H groups in total. The van der Waals surface area contributed by atoms with E-state index in [0.717, 1.165) is 56.3 Å². The summed E-state index contributed by atoms with van der Waals surface area (Å²) in [5.74, 6) is -0.476. The number of carbonyl (C=O) groups excluding carboxylic acids is 2. The Morgan fingerprint density at radius 1 is 0.569 bits per heavy atom. The molecule has 3 amide bonds. The van der Waals surface area contributed by atoms with E-state index in [2.05, 4.69) is 19.2 Å². The molecule has 0 aliphatic rings. The lowest BCUT2D eigenvalue weighted by molar-refractivity contribution is -0.121. The van der Waals surface area contributed by atoms with Crippen molar-refractivity contribution in [3.05, 3.63) is 24.3 Å². The molecule has 300 valence electrons. The minimum absolute atomic E-state index is 0.166. The predicted molar refractivity (Wildman–Crippen MR) is 213 cm³/mol. The van der Waals surface area contributed by atoms with Gasteiger partial charge in [0.2, 0.25) is 5.91 Å². The van der Waals surface area contributed by atoms with Gasteiger partial charge < -0.3 is 20.4 Å². The van der Waals surface area contributed by atoms with Crippen LogP contribution >= 0.6 is 0 Å². The summed E-state index contributed by atoms with van der Waals surface area (Å²) in [5, 5.41) is 45.4. The number of rotatable bonds is 36. The number of urea groups is 1. The van der Waals surface area contributed by atoms with Crippen LogP contribution in [0, 0.1) is 0 Å². The van der Waals surface area contributed by atoms with E-state index in [0.29, 0.717) is 6.42 Å². The Kier molecular flexibility index (Phi) is 35.4. The monoisotopic (exact) mass is 723 g/mol. The third-order valence-electron chi connectivity index (χ3n) is 9.84. The van der Waals surface area contributed by atoms with Crippen LogP contribution in [0.1, 0.15) is 207 Å². The van der Waals surface area contributed by atoms with Gasteiger partial charge in [0.25, 0.3) is 0 Å². The largest absolute Gasteiger partial charge is 0.394 e. The normalized spacial score (nSPS) is 14.3. The van der Waals surface area contributed by atoms with Crippen molar-refractivity contribution in [1.29, 1.82) is 0 Å². The molecule has 0 spiro atoms. The second-order valence-corrected chi connectivity index (χ2v) is 14.7. The van der Waals surface area contributed by atoms with Crippen LogP contribution in [-0.2, 0) is 4.79 Å². The molecule has 8 nitrogen and oxygen atoms in total. The Labute approximate surface area is 313 Å². The molecule has 0 saturated carbocycles. The lowest BCUT2D eigenvalue weighted by atomic mass is 10.0. The third kappa shape index (κ3) is 29.4. The van der Waals surface area contributed by atoms with Gasteiger partial charge in [-0.1, -0.05) is 186 Å². The standard InChI is InChI=1S/C43H82N2O6/c1-4-7-10-12-14-16-18-20-22-24-26-28-31-33-38(47)36-42(50)45(43(51)44-41(49)35-30-9-6-3)39(37-46)40(48)34-32-29-27-25-23-21-19-17-15-13-11-8-5-2/h31-34,38-40,42,46-48,50H,4-30,35-37H2,1-3H3,(H,44,49,51)/b33-31+,34-32+/t38?,39-,40+,42?/m0/s1. The topological polar surface area (TPSA) is 130 Å². The van der Waals surface area contributed by atoms with Crippen LogP contribution in [0.25, 0.3) is 0 Å². The van der Waals surface area contributed by atoms with Crippen molar-refractivity contribution < 1.29 is 30.0 Å². The minimum atomic E-state index is -1.53. The molecule has 0 aliphatic heterocycles. The van der Waals surface area contributed by atoms with E-state index in [9.17, 15) is 30.0 Å². The molecule has 0 bridgehead atoms. The van der Waals surface area contributed by atoms with Crippen molar-refractivity contribution in [2.24, 2.45) is 0 Å². The highest BCUT2D eigenvalue weighted by Gasteiger charge is 2.34. The minimum Gasteiger partial charge on any atom is -0.394 e. The molecule has 0 aromatic heterocycles. The van der Waals surface area contributed by atoms with Crippen LogP contribution in [0.3, 0.4) is 0 Å². The third-order valence-corrected chi connectivity index (χ3v) is 9.84. The number of imide groups is 1. The second-order valence-electron chi connectivity index (χ2n) is 14.7. The van der Waals surface area contributed by atoms with Crippen LogP contribution in [0.2, 0.25) is 0 Å². The van der Waals surface area contributed by atoms with Gasteiger partial charge in [-0.15, -0.1) is 0 Å². The van der Waals surface area contributed by atoms with Crippen molar-refractivity contribution >= 4 is 11.9 Å². The number of hydrogen-bond acceptors (Lipinski definition) is 6. The number of nitrogens with zero attached hydrogens (tertiary/aromatic N) is 1. The maximum Gasteiger partial charge on any atom is 0.326 e. The van der Waals surface area contributed by atoms with E-state index in [1.54, 1.807) is 12.2 Å². The first-order valence-corrected chi connectivity index (χ1v) is 21.4. The van der Waals surface area contributed by atoms with E-state index >= 15 is 0 Å². The summed E-state index contributed by atoms with van der Waals surface area (Å²) in [6.45, 7) is 5.89. The van der Waals surface area contributed by atoms with Crippen molar-refractivity contribution in [3.8, 4) is 0 Å². The summed E-state index contributed by atoms with van der Waals surface area (Å²) >= 11 is 0. The van der Waals surface area contributed by atoms with Crippen LogP contribution in [-0.4, -0.2) is 68.3 Å². The zero-order valence-electron chi connectivity index (χ0n) is 33.4. The highest BCUT2D eigenvalue weighted by molar-refractivity contribution is 5.94. The Morgan fingerprint density at radius 3 is 1.39 bits per heavy atom. The Bertz CT molecular complexity index is 850. The van der Waals surface area contributed by atoms with E-state index in [-0.39, 0.29) is 12.8 Å². The molecule has 0 aromatic carbocycles. The maximum atomic E-state index is 13.3. The lowest BCUT2D eigenvalue weighted by Gasteiger charge is -2.36. The first kappa shape index (κ1) is 49.3. The fraction of sp³-hybridized carbons (Fsp3) is 0.860. The van der Waals surface area contributed by atoms with E-state index in [1.807, 2.05) is 19.1 Å². The number of allylic oxidation sites excluding steroid dienone is 2. The van der Waals surface area contributed by atoms with Gasteiger partial charge in [-0.25, -0.2) is 4.79 Å². The molecule has 0 aromatic rings. The summed E-state index contributed by atoms with van der Waals surface area (Å²) in [6.07, 6.45) is 34.8. The molecule has 51 heavy (non-hydrogen) atoms. The Morgan fingerprint density at radius 2 is 0.961 bits per heavy atom. The summed E-state index contributed by atoms with van der Waals surface area (Å²) in [5.41, 5.74) is 0. The lowest BCUT2D eigenvalue weighted by Crippen LogP contribution is -2.58. The highest BCUT2D eigenvalue weighted by Crippen LogP contribution is 2.17. The average molecular weight is 723 g/mol. The molecule has 2 unspecified atom stereocenters. The quantitative estimate of drug-likeness (QED) is 0.0249. The summed E-state index contributed by atoms with van der Waals surface area (Å²) in [7, 11) is 0. The highest BCUT2D eigenvalue weighted by atomic mass is 16.3. The van der Waals surface area contributed by atoms with Crippen LogP contribution in [0.4, 0.5) is 4.79 Å². The van der Waals surface area contributed by atoms with Gasteiger partial charge in [0.1, 0.15) is 6.23 Å².